The van der Waals surface area contributed by atoms with Crippen molar-refractivity contribution in [3.8, 4) is 0 Å². The molecule has 44 heavy (non-hydrogen) atoms. The van der Waals surface area contributed by atoms with Crippen LogP contribution in [0.25, 0.3) is 0 Å². The summed E-state index contributed by atoms with van der Waals surface area (Å²) in [5.41, 5.74) is 4.69. The average Bonchev–Trinajstić information content (AvgIpc) is 3.67. The van der Waals surface area contributed by atoms with Crippen molar-refractivity contribution in [2.24, 2.45) is 18.2 Å². The van der Waals surface area contributed by atoms with Crippen molar-refractivity contribution in [3.05, 3.63) is 116 Å². The second-order valence-electron chi connectivity index (χ2n) is 11.5. The van der Waals surface area contributed by atoms with Crippen LogP contribution in [0.15, 0.2) is 60.9 Å². The number of carbonyl (C=O) groups excluding carboxylic acids is 2. The van der Waals surface area contributed by atoms with E-state index in [0.717, 1.165) is 5.82 Å². The molecule has 4 aromatic rings. The van der Waals surface area contributed by atoms with Gasteiger partial charge in [-0.25, -0.2) is 9.37 Å². The van der Waals surface area contributed by atoms with Crippen molar-refractivity contribution in [1.29, 1.82) is 0 Å². The molecule has 228 valence electrons. The van der Waals surface area contributed by atoms with Crippen LogP contribution in [0.1, 0.15) is 63.2 Å². The van der Waals surface area contributed by atoms with Crippen LogP contribution in [0, 0.1) is 18.2 Å². The number of fused-ring (bicyclic) bond motifs is 1. The minimum atomic E-state index is -1.81. The molecule has 2 aromatic heterocycles. The van der Waals surface area contributed by atoms with Crippen molar-refractivity contribution in [1.82, 2.24) is 19.4 Å². The number of imidazole rings is 1. The van der Waals surface area contributed by atoms with Gasteiger partial charge in [0.05, 0.1) is 52.2 Å². The normalized spacial score (nSPS) is 19.2. The fourth-order valence-electron chi connectivity index (χ4n) is 5.71. The minimum Gasteiger partial charge on any atom is -0.388 e. The van der Waals surface area contributed by atoms with Gasteiger partial charge in [0, 0.05) is 36.4 Å². The van der Waals surface area contributed by atoms with Crippen LogP contribution >= 0.6 is 23.2 Å². The molecule has 12 heteroatoms. The van der Waals surface area contributed by atoms with E-state index in [-0.39, 0.29) is 36.3 Å². The third kappa shape index (κ3) is 5.26. The topological polar surface area (TPSA) is 124 Å². The van der Waals surface area contributed by atoms with E-state index in [4.69, 9.17) is 33.7 Å². The van der Waals surface area contributed by atoms with E-state index in [2.05, 4.69) is 9.97 Å². The Hall–Kier alpha value is -3.83. The molecule has 1 aliphatic carbocycles. The molecule has 3 heterocycles. The van der Waals surface area contributed by atoms with Gasteiger partial charge in [-0.15, -0.1) is 0 Å². The van der Waals surface area contributed by atoms with Crippen molar-refractivity contribution >= 4 is 35.0 Å². The fraction of sp³-hybridized carbons (Fsp3) is 0.312. The first-order valence-electron chi connectivity index (χ1n) is 14.1. The van der Waals surface area contributed by atoms with E-state index in [1.807, 2.05) is 18.5 Å². The molecule has 1 saturated carbocycles. The maximum absolute atomic E-state index is 16.6. The number of aryl methyl sites for hydroxylation is 2. The quantitative estimate of drug-likeness (QED) is 0.253. The van der Waals surface area contributed by atoms with Crippen LogP contribution in [0.2, 0.25) is 10.0 Å². The van der Waals surface area contributed by atoms with Gasteiger partial charge in [0.2, 0.25) is 5.91 Å². The SMILES string of the molecule is Cc1nc(CC(O)c2cc(F)c3c(c2)C(=O)N(Cc2ccc(Cl)cn2)[C@@]3(OCC2(C(N)=O)CC2)c2ccc(Cl)cc2)cn1C. The zero-order valence-electron chi connectivity index (χ0n) is 24.1. The number of ether oxygens (including phenoxy) is 1. The maximum Gasteiger partial charge on any atom is 0.257 e. The summed E-state index contributed by atoms with van der Waals surface area (Å²) in [4.78, 5) is 36.9. The predicted octanol–water partition coefficient (Wildman–Crippen LogP) is 4.98. The highest BCUT2D eigenvalue weighted by Gasteiger charge is 2.57. The molecule has 1 aliphatic heterocycles. The number of aromatic nitrogens is 3. The van der Waals surface area contributed by atoms with Crippen molar-refractivity contribution in [2.75, 3.05) is 6.61 Å². The number of hydrogen-bond donors (Lipinski definition) is 2. The minimum absolute atomic E-state index is 0.0177. The number of aliphatic hydroxyl groups excluding tert-OH is 1. The third-order valence-corrected chi connectivity index (χ3v) is 9.01. The van der Waals surface area contributed by atoms with Gasteiger partial charge >= 0.3 is 0 Å². The van der Waals surface area contributed by atoms with Gasteiger partial charge in [-0.2, -0.15) is 0 Å². The highest BCUT2D eigenvalue weighted by molar-refractivity contribution is 6.30. The van der Waals surface area contributed by atoms with Gasteiger partial charge in [-0.05, 0) is 61.7 Å². The summed E-state index contributed by atoms with van der Waals surface area (Å²) < 4.78 is 25.0. The summed E-state index contributed by atoms with van der Waals surface area (Å²) >= 11 is 12.3. The molecular formula is C32H30Cl2FN5O4. The molecule has 3 N–H and O–H groups in total. The van der Waals surface area contributed by atoms with Gasteiger partial charge in [-0.1, -0.05) is 35.3 Å². The number of pyridine rings is 1. The summed E-state index contributed by atoms with van der Waals surface area (Å²) in [6, 6.07) is 12.6. The summed E-state index contributed by atoms with van der Waals surface area (Å²) in [7, 11) is 1.84. The molecule has 0 saturated heterocycles. The molecule has 9 nitrogen and oxygen atoms in total. The average molecular weight is 639 g/mol. The van der Waals surface area contributed by atoms with Crippen LogP contribution in [0.4, 0.5) is 4.39 Å². The molecule has 0 spiro atoms. The lowest BCUT2D eigenvalue weighted by molar-refractivity contribution is -0.142. The second kappa shape index (κ2) is 11.3. The summed E-state index contributed by atoms with van der Waals surface area (Å²) in [6.45, 7) is 1.61. The third-order valence-electron chi connectivity index (χ3n) is 8.53. The molecule has 2 aromatic carbocycles. The van der Waals surface area contributed by atoms with Crippen LogP contribution in [-0.2, 0) is 35.3 Å². The van der Waals surface area contributed by atoms with Gasteiger partial charge in [0.25, 0.3) is 5.91 Å². The Morgan fingerprint density at radius 2 is 1.84 bits per heavy atom. The van der Waals surface area contributed by atoms with Crippen LogP contribution in [-0.4, -0.2) is 43.0 Å². The number of carbonyl (C=O) groups is 2. The predicted molar refractivity (Wildman–Crippen MR) is 161 cm³/mol. The second-order valence-corrected chi connectivity index (χ2v) is 12.4. The smallest absolute Gasteiger partial charge is 0.257 e. The Morgan fingerprint density at radius 1 is 1.14 bits per heavy atom. The zero-order chi connectivity index (χ0) is 31.4. The largest absolute Gasteiger partial charge is 0.388 e. The summed E-state index contributed by atoms with van der Waals surface area (Å²) in [6.07, 6.45) is 3.25. The Kier molecular flexibility index (Phi) is 7.73. The van der Waals surface area contributed by atoms with Crippen LogP contribution < -0.4 is 5.73 Å². The van der Waals surface area contributed by atoms with Crippen molar-refractivity contribution in [2.45, 2.75) is 44.6 Å². The number of hydrogen-bond acceptors (Lipinski definition) is 6. The van der Waals surface area contributed by atoms with E-state index in [1.165, 1.54) is 23.2 Å². The van der Waals surface area contributed by atoms with E-state index >= 15 is 4.39 Å². The van der Waals surface area contributed by atoms with Gasteiger partial charge in [0.1, 0.15) is 11.6 Å². The number of nitrogens with zero attached hydrogens (tertiary/aromatic N) is 4. The molecule has 0 bridgehead atoms. The Morgan fingerprint density at radius 3 is 2.43 bits per heavy atom. The summed E-state index contributed by atoms with van der Waals surface area (Å²) in [5.74, 6) is -1.06. The van der Waals surface area contributed by atoms with E-state index in [1.54, 1.807) is 42.6 Å². The van der Waals surface area contributed by atoms with E-state index in [9.17, 15) is 14.7 Å². The Labute approximate surface area is 263 Å². The first kappa shape index (κ1) is 30.2. The van der Waals surface area contributed by atoms with Gasteiger partial charge in [0.15, 0.2) is 5.72 Å². The van der Waals surface area contributed by atoms with Crippen LogP contribution in [0.3, 0.4) is 0 Å². The van der Waals surface area contributed by atoms with Crippen LogP contribution in [0.5, 0.6) is 0 Å². The number of nitrogens with two attached hydrogens (primary N) is 1. The first-order valence-corrected chi connectivity index (χ1v) is 14.8. The number of primary amides is 1. The first-order chi connectivity index (χ1) is 20.9. The van der Waals surface area contributed by atoms with E-state index < -0.39 is 34.9 Å². The number of halogens is 3. The lowest BCUT2D eigenvalue weighted by atomic mass is 9.90. The fourth-order valence-corrected chi connectivity index (χ4v) is 5.95. The molecule has 1 fully saturated rings. The molecular weight excluding hydrogens is 608 g/mol. The van der Waals surface area contributed by atoms with Gasteiger partial charge in [-0.3, -0.25) is 19.5 Å². The van der Waals surface area contributed by atoms with Crippen molar-refractivity contribution < 1.29 is 23.8 Å². The lowest BCUT2D eigenvalue weighted by Gasteiger charge is -2.40. The molecule has 2 atom stereocenters. The monoisotopic (exact) mass is 637 g/mol. The highest BCUT2D eigenvalue weighted by Crippen LogP contribution is 2.52. The van der Waals surface area contributed by atoms with Crippen molar-refractivity contribution in [3.63, 3.8) is 0 Å². The standard InChI is InChI=1S/C32H30Cl2FN5O4/c1-18-38-24(15-39(18)2)13-27(41)19-11-25-28(26(35)12-19)32(20-3-5-21(33)6-4-20,44-17-31(9-10-31)30(36)43)40(29(25)42)16-23-8-7-22(34)14-37-23/h3-8,11-12,14-15,27,41H,9-10,13,16-17H2,1-2H3,(H2,36,43)/t27?,32-/m1/s1. The highest BCUT2D eigenvalue weighted by atomic mass is 35.5. The molecule has 1 unspecified atom stereocenters. The number of amides is 2. The number of aliphatic hydroxyl groups is 1. The van der Waals surface area contributed by atoms with E-state index in [0.29, 0.717) is 39.8 Å². The summed E-state index contributed by atoms with van der Waals surface area (Å²) in [5, 5.41) is 12.0. The lowest BCUT2D eigenvalue weighted by Crippen LogP contribution is -2.48. The molecule has 2 aliphatic rings. The maximum atomic E-state index is 16.6. The Balaban J connectivity index is 1.50. The van der Waals surface area contributed by atoms with Gasteiger partial charge < -0.3 is 20.1 Å². The molecule has 6 rings (SSSR count). The number of rotatable bonds is 10. The number of benzene rings is 2. The zero-order valence-corrected chi connectivity index (χ0v) is 25.6. The molecule has 2 amide bonds. The Bertz CT molecular complexity index is 1740. The molecule has 0 radical (unpaired) electrons.